The minimum Gasteiger partial charge on any atom is -0.378 e. The third-order valence-electron chi connectivity index (χ3n) is 4.03. The van der Waals surface area contributed by atoms with Gasteiger partial charge in [-0.25, -0.2) is 9.38 Å². The summed E-state index contributed by atoms with van der Waals surface area (Å²) in [6, 6.07) is 9.76. The summed E-state index contributed by atoms with van der Waals surface area (Å²) in [6.45, 7) is 6.95. The van der Waals surface area contributed by atoms with Gasteiger partial charge < -0.3 is 10.2 Å². The summed E-state index contributed by atoms with van der Waals surface area (Å²) in [5, 5.41) is 3.03. The van der Waals surface area contributed by atoms with Crippen molar-refractivity contribution in [3.05, 3.63) is 58.9 Å². The van der Waals surface area contributed by atoms with Crippen LogP contribution in [0, 0.1) is 19.7 Å². The molecule has 2 rings (SSSR count). The highest BCUT2D eigenvalue weighted by Crippen LogP contribution is 2.23. The fraction of sp³-hybridized carbons (Fsp3) is 0.300. The quantitative estimate of drug-likeness (QED) is 0.463. The molecule has 0 fully saturated rings. The molecule has 2 aromatic carbocycles. The molecule has 0 unspecified atom stereocenters. The van der Waals surface area contributed by atoms with E-state index in [1.807, 2.05) is 37.9 Å². The van der Waals surface area contributed by atoms with Crippen LogP contribution in [0.5, 0.6) is 0 Å². The molecule has 0 aliphatic heterocycles. The van der Waals surface area contributed by atoms with Crippen LogP contribution in [0.4, 0.5) is 15.8 Å². The van der Waals surface area contributed by atoms with Crippen molar-refractivity contribution in [2.45, 2.75) is 20.8 Å². The van der Waals surface area contributed by atoms with Gasteiger partial charge in [-0.2, -0.15) is 0 Å². The van der Waals surface area contributed by atoms with Crippen LogP contribution >= 0.6 is 0 Å². The fourth-order valence-corrected chi connectivity index (χ4v) is 2.33. The second kappa shape index (κ2) is 8.42. The number of Topliss-reactive ketones (excluding diaryl/α,β-unsaturated/α-hetero) is 1. The first-order chi connectivity index (χ1) is 11.9. The second-order valence-corrected chi connectivity index (χ2v) is 6.06. The van der Waals surface area contributed by atoms with E-state index in [1.54, 1.807) is 18.5 Å². The predicted octanol–water partition coefficient (Wildman–Crippen LogP) is 4.35. The lowest BCUT2D eigenvalue weighted by Crippen LogP contribution is -2.15. The Morgan fingerprint density at radius 2 is 1.88 bits per heavy atom. The number of hydrogen-bond acceptors (Lipinski definition) is 3. The third kappa shape index (κ3) is 5.14. The molecule has 0 heterocycles. The molecule has 1 N–H and O–H groups in total. The number of aliphatic imine (C=N–C) groups is 1. The van der Waals surface area contributed by atoms with Crippen molar-refractivity contribution >= 4 is 23.5 Å². The fourth-order valence-electron chi connectivity index (χ4n) is 2.33. The maximum absolute atomic E-state index is 12.9. The van der Waals surface area contributed by atoms with Gasteiger partial charge in [0.15, 0.2) is 5.78 Å². The summed E-state index contributed by atoms with van der Waals surface area (Å²) in [6.07, 6.45) is 1.79. The summed E-state index contributed by atoms with van der Waals surface area (Å²) in [7, 11) is 1.96. The molecule has 0 atom stereocenters. The zero-order valence-corrected chi connectivity index (χ0v) is 15.1. The molecular weight excluding hydrogens is 317 g/mol. The van der Waals surface area contributed by atoms with Crippen molar-refractivity contribution in [2.75, 3.05) is 25.5 Å². The zero-order valence-electron chi connectivity index (χ0n) is 15.1. The number of carbonyl (C=O) groups excluding carboxylic acids is 1. The van der Waals surface area contributed by atoms with Gasteiger partial charge in [0.25, 0.3) is 0 Å². The van der Waals surface area contributed by atoms with Gasteiger partial charge in [0.1, 0.15) is 5.82 Å². The van der Waals surface area contributed by atoms with Crippen LogP contribution in [0.25, 0.3) is 0 Å². The molecule has 0 saturated carbocycles. The predicted molar refractivity (Wildman–Crippen MR) is 102 cm³/mol. The Kier molecular flexibility index (Phi) is 6.28. The first kappa shape index (κ1) is 18.6. The molecule has 25 heavy (non-hydrogen) atoms. The number of hydrogen-bond donors (Lipinski definition) is 1. The van der Waals surface area contributed by atoms with E-state index < -0.39 is 0 Å². The van der Waals surface area contributed by atoms with E-state index in [2.05, 4.69) is 17.2 Å². The normalized spacial score (nSPS) is 10.9. The summed E-state index contributed by atoms with van der Waals surface area (Å²) in [5.74, 6) is -0.306. The Labute approximate surface area is 148 Å². The van der Waals surface area contributed by atoms with E-state index in [0.717, 1.165) is 23.4 Å². The molecule has 0 spiro atoms. The van der Waals surface area contributed by atoms with Crippen LogP contribution in [-0.2, 0) is 0 Å². The maximum atomic E-state index is 12.9. The summed E-state index contributed by atoms with van der Waals surface area (Å²) < 4.78 is 12.9. The SMILES string of the molecule is CCN(C)C=Nc1cc(C)c(C(=O)CNc2ccc(F)cc2)cc1C. The highest BCUT2D eigenvalue weighted by molar-refractivity contribution is 6.00. The van der Waals surface area contributed by atoms with Crippen molar-refractivity contribution in [1.82, 2.24) is 4.90 Å². The summed E-state index contributed by atoms with van der Waals surface area (Å²) >= 11 is 0. The summed E-state index contributed by atoms with van der Waals surface area (Å²) in [5.41, 5.74) is 4.10. The van der Waals surface area contributed by atoms with Crippen molar-refractivity contribution < 1.29 is 9.18 Å². The van der Waals surface area contributed by atoms with E-state index in [0.29, 0.717) is 11.3 Å². The lowest BCUT2D eigenvalue weighted by Gasteiger charge is -2.12. The van der Waals surface area contributed by atoms with Gasteiger partial charge in [-0.05, 0) is 68.3 Å². The van der Waals surface area contributed by atoms with Crippen LogP contribution in [0.3, 0.4) is 0 Å². The van der Waals surface area contributed by atoms with E-state index >= 15 is 0 Å². The Bertz CT molecular complexity index is 769. The Morgan fingerprint density at radius 1 is 1.20 bits per heavy atom. The smallest absolute Gasteiger partial charge is 0.182 e. The van der Waals surface area contributed by atoms with Crippen LogP contribution in [0.15, 0.2) is 41.4 Å². The van der Waals surface area contributed by atoms with Crippen LogP contribution in [0.2, 0.25) is 0 Å². The maximum Gasteiger partial charge on any atom is 0.182 e. The number of halogens is 1. The zero-order chi connectivity index (χ0) is 18.4. The first-order valence-corrected chi connectivity index (χ1v) is 8.29. The number of aryl methyl sites for hydroxylation is 2. The molecule has 0 aliphatic carbocycles. The number of rotatable bonds is 7. The van der Waals surface area contributed by atoms with Crippen LogP contribution < -0.4 is 5.32 Å². The van der Waals surface area contributed by atoms with E-state index in [4.69, 9.17) is 0 Å². The molecule has 0 saturated heterocycles. The lowest BCUT2D eigenvalue weighted by molar-refractivity contribution is 0.101. The number of carbonyl (C=O) groups is 1. The average molecular weight is 341 g/mol. The van der Waals surface area contributed by atoms with E-state index in [9.17, 15) is 9.18 Å². The first-order valence-electron chi connectivity index (χ1n) is 8.29. The van der Waals surface area contributed by atoms with Gasteiger partial charge in [0, 0.05) is 24.8 Å². The van der Waals surface area contributed by atoms with Gasteiger partial charge >= 0.3 is 0 Å². The van der Waals surface area contributed by atoms with Crippen molar-refractivity contribution in [1.29, 1.82) is 0 Å². The largest absolute Gasteiger partial charge is 0.378 e. The van der Waals surface area contributed by atoms with Gasteiger partial charge in [-0.1, -0.05) is 0 Å². The highest BCUT2D eigenvalue weighted by Gasteiger charge is 2.11. The molecule has 0 amide bonds. The number of anilines is 1. The Hall–Kier alpha value is -2.69. The van der Waals surface area contributed by atoms with Gasteiger partial charge in [0.05, 0.1) is 18.6 Å². The number of nitrogens with zero attached hydrogens (tertiary/aromatic N) is 2. The molecular formula is C20H24FN3O. The molecule has 0 bridgehead atoms. The van der Waals surface area contributed by atoms with E-state index in [1.165, 1.54) is 12.1 Å². The standard InChI is InChI=1S/C20H24FN3O/c1-5-24(4)13-23-19-11-14(2)18(10-15(19)3)20(25)12-22-17-8-6-16(21)7-9-17/h6-11,13,22H,5,12H2,1-4H3. The average Bonchev–Trinajstić information content (AvgIpc) is 2.61. The van der Waals surface area contributed by atoms with Crippen LogP contribution in [-0.4, -0.2) is 37.2 Å². The van der Waals surface area contributed by atoms with Gasteiger partial charge in [-0.3, -0.25) is 4.79 Å². The topological polar surface area (TPSA) is 44.7 Å². The van der Waals surface area contributed by atoms with Crippen molar-refractivity contribution in [3.8, 4) is 0 Å². The van der Waals surface area contributed by atoms with Crippen molar-refractivity contribution in [3.63, 3.8) is 0 Å². The highest BCUT2D eigenvalue weighted by atomic mass is 19.1. The Morgan fingerprint density at radius 3 is 2.52 bits per heavy atom. The van der Waals surface area contributed by atoms with Crippen molar-refractivity contribution in [2.24, 2.45) is 4.99 Å². The molecule has 132 valence electrons. The monoisotopic (exact) mass is 341 g/mol. The van der Waals surface area contributed by atoms with Gasteiger partial charge in [0.2, 0.25) is 0 Å². The minimum absolute atomic E-state index is 0.00821. The molecule has 2 aromatic rings. The number of nitrogens with one attached hydrogen (secondary N) is 1. The van der Waals surface area contributed by atoms with Crippen LogP contribution in [0.1, 0.15) is 28.4 Å². The lowest BCUT2D eigenvalue weighted by atomic mass is 10.0. The molecule has 0 radical (unpaired) electrons. The second-order valence-electron chi connectivity index (χ2n) is 6.06. The third-order valence-corrected chi connectivity index (χ3v) is 4.03. The molecule has 4 nitrogen and oxygen atoms in total. The van der Waals surface area contributed by atoms with E-state index in [-0.39, 0.29) is 18.1 Å². The molecule has 5 heteroatoms. The Balaban J connectivity index is 2.10. The van der Waals surface area contributed by atoms with Gasteiger partial charge in [-0.15, -0.1) is 0 Å². The molecule has 0 aromatic heterocycles. The molecule has 0 aliphatic rings. The summed E-state index contributed by atoms with van der Waals surface area (Å²) in [4.78, 5) is 19.0. The minimum atomic E-state index is -0.298. The number of ketones is 1. The number of benzene rings is 2.